The third kappa shape index (κ3) is 2.91. The fraction of sp³-hybridized carbons (Fsp3) is 0.667. The summed E-state index contributed by atoms with van der Waals surface area (Å²) in [4.78, 5) is 8.95. The first-order chi connectivity index (χ1) is 8.60. The Balaban J connectivity index is 2.30. The Bertz CT molecular complexity index is 436. The average molecular weight is 379 g/mol. The zero-order valence-corrected chi connectivity index (χ0v) is 13.6. The quantitative estimate of drug-likeness (QED) is 0.479. The summed E-state index contributed by atoms with van der Waals surface area (Å²) in [5.74, 6) is 0.864. The number of aryl methyl sites for hydroxylation is 1. The predicted octanol–water partition coefficient (Wildman–Crippen LogP) is 2.83. The number of hydrogen-bond donors (Lipinski definition) is 2. The Labute approximate surface area is 126 Å². The van der Waals surface area contributed by atoms with Crippen molar-refractivity contribution in [3.8, 4) is 0 Å². The molecule has 2 N–H and O–H groups in total. The molecule has 1 aliphatic carbocycles. The Morgan fingerprint density at radius 3 is 2.61 bits per heavy atom. The molecule has 0 bridgehead atoms. The summed E-state index contributed by atoms with van der Waals surface area (Å²) in [5, 5.41) is 13.9. The lowest BCUT2D eigenvalue weighted by Gasteiger charge is -2.29. The largest absolute Gasteiger partial charge is 0.394 e. The first kappa shape index (κ1) is 14.3. The molecular formula is C12H18IN3OS. The van der Waals surface area contributed by atoms with Crippen molar-refractivity contribution < 1.29 is 5.11 Å². The van der Waals surface area contributed by atoms with E-state index in [1.54, 1.807) is 11.8 Å². The van der Waals surface area contributed by atoms with Crippen LogP contribution in [-0.4, -0.2) is 33.5 Å². The number of nitrogens with one attached hydrogen (secondary N) is 1. The van der Waals surface area contributed by atoms with Gasteiger partial charge in [-0.3, -0.25) is 0 Å². The molecule has 1 fully saturated rings. The van der Waals surface area contributed by atoms with E-state index in [0.29, 0.717) is 0 Å². The van der Waals surface area contributed by atoms with E-state index in [4.69, 9.17) is 0 Å². The molecular weight excluding hydrogens is 361 g/mol. The normalized spacial score (nSPS) is 18.0. The highest BCUT2D eigenvalue weighted by atomic mass is 127. The van der Waals surface area contributed by atoms with Crippen molar-refractivity contribution in [3.05, 3.63) is 9.26 Å². The third-order valence-electron chi connectivity index (χ3n) is 3.43. The summed E-state index contributed by atoms with van der Waals surface area (Å²) in [6.45, 7) is 2.16. The monoisotopic (exact) mass is 379 g/mol. The standard InChI is InChI=1S/C12H18IN3OS/c1-8-9(13)10(15-11(14-8)18-2)16-12(7-17)5-3-4-6-12/h17H,3-7H2,1-2H3,(H,14,15,16). The number of halogens is 1. The molecule has 1 saturated carbocycles. The lowest BCUT2D eigenvalue weighted by atomic mass is 9.99. The Hall–Kier alpha value is -0.0800. The summed E-state index contributed by atoms with van der Waals surface area (Å²) in [5.41, 5.74) is 0.805. The van der Waals surface area contributed by atoms with Crippen LogP contribution in [0.1, 0.15) is 31.4 Å². The van der Waals surface area contributed by atoms with Crippen LogP contribution in [0.4, 0.5) is 5.82 Å². The minimum Gasteiger partial charge on any atom is -0.394 e. The van der Waals surface area contributed by atoms with Gasteiger partial charge in [0, 0.05) is 0 Å². The topological polar surface area (TPSA) is 58.0 Å². The number of nitrogens with zero attached hydrogens (tertiary/aromatic N) is 2. The molecule has 2 rings (SSSR count). The molecule has 1 aromatic rings. The number of rotatable bonds is 4. The smallest absolute Gasteiger partial charge is 0.189 e. The van der Waals surface area contributed by atoms with E-state index in [9.17, 15) is 5.11 Å². The maximum absolute atomic E-state index is 9.65. The molecule has 0 saturated heterocycles. The number of aliphatic hydroxyl groups excluding tert-OH is 1. The highest BCUT2D eigenvalue weighted by molar-refractivity contribution is 14.1. The first-order valence-electron chi connectivity index (χ1n) is 6.07. The number of thioether (sulfide) groups is 1. The number of aliphatic hydroxyl groups is 1. The molecule has 6 heteroatoms. The second-order valence-electron chi connectivity index (χ2n) is 4.73. The van der Waals surface area contributed by atoms with E-state index in [1.165, 1.54) is 12.8 Å². The lowest BCUT2D eigenvalue weighted by molar-refractivity contribution is 0.213. The van der Waals surface area contributed by atoms with Gasteiger partial charge in [0.05, 0.1) is 21.4 Å². The molecule has 4 nitrogen and oxygen atoms in total. The molecule has 0 aliphatic heterocycles. The predicted molar refractivity (Wildman–Crippen MR) is 83.2 cm³/mol. The fourth-order valence-corrected chi connectivity index (χ4v) is 3.12. The van der Waals surface area contributed by atoms with Crippen molar-refractivity contribution in [2.24, 2.45) is 0 Å². The van der Waals surface area contributed by atoms with Gasteiger partial charge in [0.1, 0.15) is 5.82 Å². The van der Waals surface area contributed by atoms with Gasteiger partial charge >= 0.3 is 0 Å². The Kier molecular flexibility index (Phi) is 4.71. The minimum absolute atomic E-state index is 0.167. The van der Waals surface area contributed by atoms with Crippen LogP contribution in [-0.2, 0) is 0 Å². The molecule has 0 aromatic carbocycles. The molecule has 1 heterocycles. The van der Waals surface area contributed by atoms with E-state index >= 15 is 0 Å². The second kappa shape index (κ2) is 5.92. The van der Waals surface area contributed by atoms with Gasteiger partial charge in [0.15, 0.2) is 5.16 Å². The van der Waals surface area contributed by atoms with Crippen LogP contribution in [0.15, 0.2) is 5.16 Å². The van der Waals surface area contributed by atoms with Gasteiger partial charge in [-0.25, -0.2) is 9.97 Å². The van der Waals surface area contributed by atoms with E-state index in [-0.39, 0.29) is 12.1 Å². The Morgan fingerprint density at radius 2 is 2.06 bits per heavy atom. The Morgan fingerprint density at radius 1 is 1.39 bits per heavy atom. The second-order valence-corrected chi connectivity index (χ2v) is 6.58. The summed E-state index contributed by atoms with van der Waals surface area (Å²) in [6, 6.07) is 0. The van der Waals surface area contributed by atoms with Crippen LogP contribution in [0.5, 0.6) is 0 Å². The summed E-state index contributed by atoms with van der Waals surface area (Å²) in [6.07, 6.45) is 6.34. The number of aromatic nitrogens is 2. The molecule has 0 unspecified atom stereocenters. The molecule has 1 aliphatic rings. The van der Waals surface area contributed by atoms with Gasteiger partial charge < -0.3 is 10.4 Å². The average Bonchev–Trinajstić information content (AvgIpc) is 2.84. The van der Waals surface area contributed by atoms with Crippen molar-refractivity contribution in [3.63, 3.8) is 0 Å². The molecule has 0 atom stereocenters. The van der Waals surface area contributed by atoms with Crippen molar-refractivity contribution in [2.45, 2.75) is 43.3 Å². The molecule has 0 radical (unpaired) electrons. The molecule has 18 heavy (non-hydrogen) atoms. The molecule has 0 spiro atoms. The third-order valence-corrected chi connectivity index (χ3v) is 5.27. The number of anilines is 1. The van der Waals surface area contributed by atoms with Gasteiger partial charge in [-0.2, -0.15) is 0 Å². The van der Waals surface area contributed by atoms with Crippen molar-refractivity contribution in [1.29, 1.82) is 0 Å². The molecule has 0 amide bonds. The molecule has 100 valence electrons. The van der Waals surface area contributed by atoms with Gasteiger partial charge in [0.2, 0.25) is 0 Å². The lowest BCUT2D eigenvalue weighted by Crippen LogP contribution is -2.39. The first-order valence-corrected chi connectivity index (χ1v) is 8.38. The van der Waals surface area contributed by atoms with E-state index < -0.39 is 0 Å². The molecule has 1 aromatic heterocycles. The van der Waals surface area contributed by atoms with Gasteiger partial charge in [-0.1, -0.05) is 24.6 Å². The van der Waals surface area contributed by atoms with Crippen LogP contribution in [0, 0.1) is 10.5 Å². The van der Waals surface area contributed by atoms with Crippen LogP contribution < -0.4 is 5.32 Å². The summed E-state index contributed by atoms with van der Waals surface area (Å²) >= 11 is 3.81. The zero-order valence-electron chi connectivity index (χ0n) is 10.7. The highest BCUT2D eigenvalue weighted by Crippen LogP contribution is 2.34. The van der Waals surface area contributed by atoms with Gasteiger partial charge in [-0.05, 0) is 48.6 Å². The van der Waals surface area contributed by atoms with Crippen LogP contribution in [0.25, 0.3) is 0 Å². The van der Waals surface area contributed by atoms with Crippen molar-refractivity contribution >= 4 is 40.2 Å². The summed E-state index contributed by atoms with van der Waals surface area (Å²) < 4.78 is 1.05. The van der Waals surface area contributed by atoms with E-state index in [2.05, 4.69) is 37.9 Å². The fourth-order valence-electron chi connectivity index (χ4n) is 2.33. The van der Waals surface area contributed by atoms with E-state index in [0.717, 1.165) is 33.1 Å². The van der Waals surface area contributed by atoms with Gasteiger partial charge in [-0.15, -0.1) is 0 Å². The minimum atomic E-state index is -0.184. The highest BCUT2D eigenvalue weighted by Gasteiger charge is 2.34. The van der Waals surface area contributed by atoms with Gasteiger partial charge in [0.25, 0.3) is 0 Å². The summed E-state index contributed by atoms with van der Waals surface area (Å²) in [7, 11) is 0. The van der Waals surface area contributed by atoms with Crippen LogP contribution in [0.3, 0.4) is 0 Å². The maximum atomic E-state index is 9.65. The van der Waals surface area contributed by atoms with Crippen molar-refractivity contribution in [2.75, 3.05) is 18.2 Å². The van der Waals surface area contributed by atoms with Crippen LogP contribution in [0.2, 0.25) is 0 Å². The van der Waals surface area contributed by atoms with Crippen LogP contribution >= 0.6 is 34.4 Å². The SMILES string of the molecule is CSc1nc(C)c(I)c(NC2(CO)CCCC2)n1. The number of hydrogen-bond acceptors (Lipinski definition) is 5. The van der Waals surface area contributed by atoms with Crippen molar-refractivity contribution in [1.82, 2.24) is 9.97 Å². The maximum Gasteiger partial charge on any atom is 0.189 e. The zero-order chi connectivity index (χ0) is 13.2. The van der Waals surface area contributed by atoms with E-state index in [1.807, 2.05) is 13.2 Å².